The predicted molar refractivity (Wildman–Crippen MR) is 56.0 cm³/mol. The van der Waals surface area contributed by atoms with Crippen molar-refractivity contribution in [3.63, 3.8) is 0 Å². The van der Waals surface area contributed by atoms with Gasteiger partial charge in [0.1, 0.15) is 5.75 Å². The molecule has 2 N–H and O–H groups in total. The van der Waals surface area contributed by atoms with E-state index in [1.807, 2.05) is 0 Å². The second-order valence-corrected chi connectivity index (χ2v) is 3.56. The van der Waals surface area contributed by atoms with Gasteiger partial charge in [-0.05, 0) is 18.1 Å². The van der Waals surface area contributed by atoms with Crippen molar-refractivity contribution in [3.8, 4) is 5.75 Å². The Bertz CT molecular complexity index is 389. The van der Waals surface area contributed by atoms with Crippen LogP contribution in [-0.2, 0) is 9.53 Å². The largest absolute Gasteiger partial charge is 0.508 e. The van der Waals surface area contributed by atoms with Gasteiger partial charge in [0.15, 0.2) is 0 Å². The summed E-state index contributed by atoms with van der Waals surface area (Å²) >= 11 is 0. The molecule has 2 rings (SSSR count). The van der Waals surface area contributed by atoms with Crippen molar-refractivity contribution in [2.24, 2.45) is 0 Å². The minimum atomic E-state index is -0.219. The van der Waals surface area contributed by atoms with E-state index in [4.69, 9.17) is 4.74 Å². The maximum absolute atomic E-state index is 11.5. The summed E-state index contributed by atoms with van der Waals surface area (Å²) in [4.78, 5) is 11.5. The van der Waals surface area contributed by atoms with Crippen molar-refractivity contribution < 1.29 is 14.6 Å². The van der Waals surface area contributed by atoms with Crippen LogP contribution in [0.5, 0.6) is 5.75 Å². The molecule has 0 fully saturated rings. The number of carbonyl (C=O) groups excluding carboxylic acids is 1. The van der Waals surface area contributed by atoms with Crippen molar-refractivity contribution >= 4 is 11.7 Å². The van der Waals surface area contributed by atoms with E-state index in [2.05, 4.69) is 5.32 Å². The van der Waals surface area contributed by atoms with Crippen molar-refractivity contribution in [1.29, 1.82) is 0 Å². The minimum Gasteiger partial charge on any atom is -0.508 e. The highest BCUT2D eigenvalue weighted by molar-refractivity contribution is 5.81. The third-order valence-corrected chi connectivity index (χ3v) is 2.65. The van der Waals surface area contributed by atoms with E-state index in [9.17, 15) is 9.90 Å². The lowest BCUT2D eigenvalue weighted by Gasteiger charge is -2.24. The molecular formula is C11H13NO3. The Morgan fingerprint density at radius 2 is 2.40 bits per heavy atom. The van der Waals surface area contributed by atoms with E-state index < -0.39 is 0 Å². The lowest BCUT2D eigenvalue weighted by molar-refractivity contribution is -0.142. The van der Waals surface area contributed by atoms with Gasteiger partial charge in [-0.3, -0.25) is 4.79 Å². The average molecular weight is 207 g/mol. The molecule has 0 aliphatic carbocycles. The SMILES string of the molecule is COC(=O)C1CCNc2cc(O)ccc21. The lowest BCUT2D eigenvalue weighted by atomic mass is 9.91. The number of ether oxygens (including phenoxy) is 1. The van der Waals surface area contributed by atoms with Gasteiger partial charge in [0.25, 0.3) is 0 Å². The van der Waals surface area contributed by atoms with Crippen LogP contribution in [0, 0.1) is 0 Å². The highest BCUT2D eigenvalue weighted by Gasteiger charge is 2.27. The summed E-state index contributed by atoms with van der Waals surface area (Å²) in [7, 11) is 1.39. The number of fused-ring (bicyclic) bond motifs is 1. The Morgan fingerprint density at radius 3 is 3.13 bits per heavy atom. The molecule has 4 heteroatoms. The van der Waals surface area contributed by atoms with Gasteiger partial charge in [-0.25, -0.2) is 0 Å². The van der Waals surface area contributed by atoms with Crippen LogP contribution in [0.4, 0.5) is 5.69 Å². The molecule has 0 saturated heterocycles. The number of hydrogen-bond donors (Lipinski definition) is 2. The van der Waals surface area contributed by atoms with Crippen LogP contribution in [0.25, 0.3) is 0 Å². The summed E-state index contributed by atoms with van der Waals surface area (Å²) in [6.07, 6.45) is 0.727. The van der Waals surface area contributed by atoms with E-state index in [1.54, 1.807) is 18.2 Å². The Labute approximate surface area is 87.9 Å². The number of methoxy groups -OCH3 is 1. The minimum absolute atomic E-state index is 0.201. The Balaban J connectivity index is 2.38. The standard InChI is InChI=1S/C11H13NO3/c1-15-11(14)9-4-5-12-10-6-7(13)2-3-8(9)10/h2-3,6,9,12-13H,4-5H2,1H3. The summed E-state index contributed by atoms with van der Waals surface area (Å²) < 4.78 is 4.75. The van der Waals surface area contributed by atoms with Crippen LogP contribution < -0.4 is 5.32 Å². The van der Waals surface area contributed by atoms with E-state index in [0.29, 0.717) is 0 Å². The molecule has 80 valence electrons. The van der Waals surface area contributed by atoms with Gasteiger partial charge in [0.2, 0.25) is 0 Å². The molecule has 4 nitrogen and oxygen atoms in total. The van der Waals surface area contributed by atoms with Crippen LogP contribution in [0.15, 0.2) is 18.2 Å². The first-order valence-electron chi connectivity index (χ1n) is 4.87. The van der Waals surface area contributed by atoms with E-state index in [1.165, 1.54) is 7.11 Å². The maximum atomic E-state index is 11.5. The van der Waals surface area contributed by atoms with Gasteiger partial charge >= 0.3 is 5.97 Å². The summed E-state index contributed by atoms with van der Waals surface area (Å²) in [6.45, 7) is 0.718. The lowest BCUT2D eigenvalue weighted by Crippen LogP contribution is -2.23. The number of carbonyl (C=O) groups is 1. The smallest absolute Gasteiger partial charge is 0.313 e. The van der Waals surface area contributed by atoms with Crippen LogP contribution in [0.3, 0.4) is 0 Å². The molecule has 1 unspecified atom stereocenters. The van der Waals surface area contributed by atoms with Crippen molar-refractivity contribution in [3.05, 3.63) is 23.8 Å². The highest BCUT2D eigenvalue weighted by Crippen LogP contribution is 2.34. The first-order valence-corrected chi connectivity index (χ1v) is 4.87. The van der Waals surface area contributed by atoms with Crippen LogP contribution in [0.2, 0.25) is 0 Å². The molecule has 0 amide bonds. The normalized spacial score (nSPS) is 18.9. The number of aromatic hydroxyl groups is 1. The molecule has 0 saturated carbocycles. The molecule has 1 aromatic carbocycles. The van der Waals surface area contributed by atoms with Crippen LogP contribution >= 0.6 is 0 Å². The highest BCUT2D eigenvalue weighted by atomic mass is 16.5. The van der Waals surface area contributed by atoms with E-state index in [0.717, 1.165) is 24.2 Å². The molecule has 1 aromatic rings. The summed E-state index contributed by atoms with van der Waals surface area (Å²) in [5.41, 5.74) is 1.71. The number of rotatable bonds is 1. The summed E-state index contributed by atoms with van der Waals surface area (Å²) in [5.74, 6) is -0.234. The molecular weight excluding hydrogens is 194 g/mol. The number of anilines is 1. The van der Waals surface area contributed by atoms with Crippen molar-refractivity contribution in [2.45, 2.75) is 12.3 Å². The van der Waals surface area contributed by atoms with Gasteiger partial charge in [0, 0.05) is 18.3 Å². The topological polar surface area (TPSA) is 58.6 Å². The summed E-state index contributed by atoms with van der Waals surface area (Å²) in [5, 5.41) is 12.5. The number of hydrogen-bond acceptors (Lipinski definition) is 4. The average Bonchev–Trinajstić information content (AvgIpc) is 2.26. The van der Waals surface area contributed by atoms with Gasteiger partial charge in [-0.15, -0.1) is 0 Å². The third-order valence-electron chi connectivity index (χ3n) is 2.65. The molecule has 1 heterocycles. The first-order chi connectivity index (χ1) is 7.22. The second kappa shape index (κ2) is 3.81. The molecule has 1 aliphatic heterocycles. The number of phenols is 1. The number of nitrogens with one attached hydrogen (secondary N) is 1. The Kier molecular flexibility index (Phi) is 2.49. The zero-order valence-electron chi connectivity index (χ0n) is 8.49. The molecule has 0 radical (unpaired) electrons. The first kappa shape index (κ1) is 9.83. The molecule has 0 spiro atoms. The molecule has 0 aromatic heterocycles. The number of phenolic OH excluding ortho intramolecular Hbond substituents is 1. The fourth-order valence-corrected chi connectivity index (χ4v) is 1.89. The maximum Gasteiger partial charge on any atom is 0.313 e. The number of benzene rings is 1. The third kappa shape index (κ3) is 1.75. The van der Waals surface area contributed by atoms with Crippen molar-refractivity contribution in [1.82, 2.24) is 0 Å². The zero-order valence-corrected chi connectivity index (χ0v) is 8.49. The molecule has 1 atom stereocenters. The van der Waals surface area contributed by atoms with E-state index >= 15 is 0 Å². The molecule has 1 aliphatic rings. The molecule has 15 heavy (non-hydrogen) atoms. The second-order valence-electron chi connectivity index (χ2n) is 3.56. The predicted octanol–water partition coefficient (Wildman–Crippen LogP) is 1.46. The quantitative estimate of drug-likeness (QED) is 0.684. The monoisotopic (exact) mass is 207 g/mol. The van der Waals surface area contributed by atoms with Crippen LogP contribution in [0.1, 0.15) is 17.9 Å². The zero-order chi connectivity index (χ0) is 10.8. The Morgan fingerprint density at radius 1 is 1.60 bits per heavy atom. The van der Waals surface area contributed by atoms with Crippen molar-refractivity contribution in [2.75, 3.05) is 19.0 Å². The molecule has 0 bridgehead atoms. The fourth-order valence-electron chi connectivity index (χ4n) is 1.89. The van der Waals surface area contributed by atoms with Gasteiger partial charge in [0.05, 0.1) is 13.0 Å². The van der Waals surface area contributed by atoms with Gasteiger partial charge in [-0.1, -0.05) is 6.07 Å². The fraction of sp³-hybridized carbons (Fsp3) is 0.364. The van der Waals surface area contributed by atoms with Crippen LogP contribution in [-0.4, -0.2) is 24.7 Å². The van der Waals surface area contributed by atoms with E-state index in [-0.39, 0.29) is 17.6 Å². The van der Waals surface area contributed by atoms with Gasteiger partial charge in [-0.2, -0.15) is 0 Å². The number of esters is 1. The van der Waals surface area contributed by atoms with Gasteiger partial charge < -0.3 is 15.2 Å². The summed E-state index contributed by atoms with van der Waals surface area (Å²) in [6, 6.07) is 4.98. The Hall–Kier alpha value is -1.71.